The van der Waals surface area contributed by atoms with Crippen molar-refractivity contribution in [2.24, 2.45) is 0 Å². The lowest BCUT2D eigenvalue weighted by atomic mass is 10.1. The monoisotopic (exact) mass is 387 g/mol. The first kappa shape index (κ1) is 18.0. The third-order valence-electron chi connectivity index (χ3n) is 6.00. The molecule has 1 unspecified atom stereocenters. The molecule has 5 heteroatoms. The van der Waals surface area contributed by atoms with Crippen LogP contribution in [0.4, 0.5) is 5.69 Å². The molecule has 0 saturated carbocycles. The van der Waals surface area contributed by atoms with Gasteiger partial charge < -0.3 is 20.0 Å². The van der Waals surface area contributed by atoms with E-state index in [0.717, 1.165) is 30.6 Å². The average molecular weight is 387 g/mol. The Morgan fingerprint density at radius 3 is 2.93 bits per heavy atom. The molecule has 1 atom stereocenters. The van der Waals surface area contributed by atoms with Crippen molar-refractivity contribution < 1.29 is 9.21 Å². The number of nitrogens with zero attached hydrogens (tertiary/aromatic N) is 1. The molecular formula is C24H25N3O2. The smallest absolute Gasteiger partial charge is 0.287 e. The fraction of sp³-hybridized carbons (Fsp3) is 0.292. The number of hydrogen-bond donors (Lipinski definition) is 2. The molecule has 1 aromatic heterocycles. The molecule has 0 aliphatic carbocycles. The summed E-state index contributed by atoms with van der Waals surface area (Å²) >= 11 is 0. The van der Waals surface area contributed by atoms with Gasteiger partial charge in [0.25, 0.3) is 5.91 Å². The molecule has 2 aromatic carbocycles. The molecule has 2 aliphatic rings. The second-order valence-electron chi connectivity index (χ2n) is 7.97. The minimum Gasteiger partial charge on any atom is -0.459 e. The van der Waals surface area contributed by atoms with Gasteiger partial charge in [-0.15, -0.1) is 0 Å². The normalized spacial score (nSPS) is 17.3. The van der Waals surface area contributed by atoms with Crippen molar-refractivity contribution in [2.75, 3.05) is 4.90 Å². The zero-order valence-corrected chi connectivity index (χ0v) is 16.6. The van der Waals surface area contributed by atoms with Crippen molar-refractivity contribution in [3.8, 4) is 0 Å². The van der Waals surface area contributed by atoms with E-state index in [4.69, 9.17) is 4.42 Å². The highest BCUT2D eigenvalue weighted by Crippen LogP contribution is 2.33. The Morgan fingerprint density at radius 1 is 1.14 bits per heavy atom. The Bertz CT molecular complexity index is 1060. The minimum atomic E-state index is -0.163. The molecule has 3 heterocycles. The molecule has 0 radical (unpaired) electrons. The molecule has 3 aromatic rings. The van der Waals surface area contributed by atoms with Crippen LogP contribution in [-0.4, -0.2) is 11.9 Å². The number of fused-ring (bicyclic) bond motifs is 2. The fourth-order valence-electron chi connectivity index (χ4n) is 4.43. The zero-order valence-electron chi connectivity index (χ0n) is 16.6. The van der Waals surface area contributed by atoms with E-state index in [9.17, 15) is 4.79 Å². The van der Waals surface area contributed by atoms with E-state index in [1.54, 1.807) is 6.26 Å². The summed E-state index contributed by atoms with van der Waals surface area (Å²) in [5.74, 6) is 0.244. The van der Waals surface area contributed by atoms with Gasteiger partial charge >= 0.3 is 0 Å². The van der Waals surface area contributed by atoms with E-state index >= 15 is 0 Å². The summed E-state index contributed by atoms with van der Waals surface area (Å²) in [6, 6.07) is 17.2. The quantitative estimate of drug-likeness (QED) is 0.700. The second-order valence-corrected chi connectivity index (χ2v) is 7.97. The number of furan rings is 1. The molecule has 2 aliphatic heterocycles. The van der Waals surface area contributed by atoms with E-state index in [1.807, 2.05) is 6.07 Å². The van der Waals surface area contributed by atoms with Crippen LogP contribution >= 0.6 is 0 Å². The number of para-hydroxylation sites is 1. The van der Waals surface area contributed by atoms with Gasteiger partial charge in [-0.1, -0.05) is 36.4 Å². The van der Waals surface area contributed by atoms with E-state index in [1.165, 1.54) is 22.4 Å². The van der Waals surface area contributed by atoms with E-state index in [-0.39, 0.29) is 5.91 Å². The van der Waals surface area contributed by atoms with Crippen molar-refractivity contribution >= 4 is 11.6 Å². The summed E-state index contributed by atoms with van der Waals surface area (Å²) in [5.41, 5.74) is 7.30. The zero-order chi connectivity index (χ0) is 19.8. The largest absolute Gasteiger partial charge is 0.459 e. The summed E-state index contributed by atoms with van der Waals surface area (Å²) in [6.45, 7) is 5.21. The van der Waals surface area contributed by atoms with Crippen molar-refractivity contribution in [1.82, 2.24) is 10.6 Å². The number of anilines is 1. The molecule has 1 amide bonds. The van der Waals surface area contributed by atoms with Crippen LogP contribution in [0.2, 0.25) is 0 Å². The number of amides is 1. The summed E-state index contributed by atoms with van der Waals surface area (Å²) in [6.07, 6.45) is 2.64. The predicted molar refractivity (Wildman–Crippen MR) is 113 cm³/mol. The van der Waals surface area contributed by atoms with Crippen LogP contribution in [0.25, 0.3) is 0 Å². The lowest BCUT2D eigenvalue weighted by molar-refractivity contribution is 0.0921. The third kappa shape index (κ3) is 3.42. The van der Waals surface area contributed by atoms with Crippen LogP contribution in [0.3, 0.4) is 0 Å². The maximum absolute atomic E-state index is 12.8. The van der Waals surface area contributed by atoms with E-state index in [2.05, 4.69) is 64.9 Å². The Balaban J connectivity index is 1.28. The van der Waals surface area contributed by atoms with Crippen molar-refractivity contribution in [3.63, 3.8) is 0 Å². The number of nitrogens with one attached hydrogen (secondary N) is 2. The molecule has 0 fully saturated rings. The Labute approximate surface area is 170 Å². The number of carbonyl (C=O) groups excluding carboxylic acids is 1. The highest BCUT2D eigenvalue weighted by Gasteiger charge is 2.27. The summed E-state index contributed by atoms with van der Waals surface area (Å²) in [7, 11) is 0. The summed E-state index contributed by atoms with van der Waals surface area (Å²) in [5, 5.41) is 6.36. The number of carbonyl (C=O) groups is 1. The van der Waals surface area contributed by atoms with Crippen LogP contribution in [-0.2, 0) is 32.6 Å². The first-order valence-electron chi connectivity index (χ1n) is 10.2. The van der Waals surface area contributed by atoms with Gasteiger partial charge in [0, 0.05) is 43.5 Å². The Hall–Kier alpha value is -3.05. The first-order valence-corrected chi connectivity index (χ1v) is 10.2. The minimum absolute atomic E-state index is 0.163. The Morgan fingerprint density at radius 2 is 2.00 bits per heavy atom. The van der Waals surface area contributed by atoms with Gasteiger partial charge in [0.05, 0.1) is 6.26 Å². The van der Waals surface area contributed by atoms with Crippen molar-refractivity contribution in [3.05, 3.63) is 88.4 Å². The molecular weight excluding hydrogens is 362 g/mol. The van der Waals surface area contributed by atoms with E-state index in [0.29, 0.717) is 24.9 Å². The summed E-state index contributed by atoms with van der Waals surface area (Å²) < 4.78 is 5.57. The summed E-state index contributed by atoms with van der Waals surface area (Å²) in [4.78, 5) is 15.2. The van der Waals surface area contributed by atoms with Gasteiger partial charge in [0.2, 0.25) is 0 Å². The Kier molecular flexibility index (Phi) is 4.60. The molecule has 0 spiro atoms. The fourth-order valence-corrected chi connectivity index (χ4v) is 4.43. The van der Waals surface area contributed by atoms with Crippen molar-refractivity contribution in [2.45, 2.75) is 45.6 Å². The van der Waals surface area contributed by atoms with Crippen LogP contribution in [0.15, 0.2) is 59.2 Å². The number of benzene rings is 2. The van der Waals surface area contributed by atoms with Crippen LogP contribution in [0.5, 0.6) is 0 Å². The van der Waals surface area contributed by atoms with Crippen molar-refractivity contribution in [1.29, 1.82) is 0 Å². The highest BCUT2D eigenvalue weighted by atomic mass is 16.3. The standard InChI is InChI=1S/C24H25N3O2/c1-16-10-18-4-2-3-5-22(18)27(16)15-20-8-9-29-23(20)24(28)26-12-17-6-7-19-13-25-14-21(19)11-17/h2-9,11,16,25H,10,12-15H2,1H3,(H,26,28). The van der Waals surface area contributed by atoms with Gasteiger partial charge in [0.1, 0.15) is 0 Å². The number of rotatable bonds is 5. The van der Waals surface area contributed by atoms with E-state index < -0.39 is 0 Å². The van der Waals surface area contributed by atoms with Gasteiger partial charge in [-0.3, -0.25) is 4.79 Å². The molecule has 2 N–H and O–H groups in total. The number of hydrogen-bond acceptors (Lipinski definition) is 4. The maximum Gasteiger partial charge on any atom is 0.287 e. The molecule has 0 bridgehead atoms. The lowest BCUT2D eigenvalue weighted by Gasteiger charge is -2.24. The predicted octanol–water partition coefficient (Wildman–Crippen LogP) is 3.76. The second kappa shape index (κ2) is 7.41. The maximum atomic E-state index is 12.8. The van der Waals surface area contributed by atoms with Gasteiger partial charge in [-0.25, -0.2) is 0 Å². The molecule has 29 heavy (non-hydrogen) atoms. The average Bonchev–Trinajstić information content (AvgIpc) is 3.45. The lowest BCUT2D eigenvalue weighted by Crippen LogP contribution is -2.30. The third-order valence-corrected chi connectivity index (χ3v) is 6.00. The molecule has 5 nitrogen and oxygen atoms in total. The van der Waals surface area contributed by atoms with Gasteiger partial charge in [-0.05, 0) is 47.7 Å². The molecule has 5 rings (SSSR count). The van der Waals surface area contributed by atoms with Crippen LogP contribution in [0.1, 0.15) is 45.3 Å². The van der Waals surface area contributed by atoms with Crippen LogP contribution in [0, 0.1) is 0 Å². The van der Waals surface area contributed by atoms with Gasteiger partial charge in [-0.2, -0.15) is 0 Å². The topological polar surface area (TPSA) is 57.5 Å². The molecule has 0 saturated heterocycles. The van der Waals surface area contributed by atoms with Crippen LogP contribution < -0.4 is 15.5 Å². The van der Waals surface area contributed by atoms with Gasteiger partial charge in [0.15, 0.2) is 5.76 Å². The molecule has 148 valence electrons. The SMILES string of the molecule is CC1Cc2ccccc2N1Cc1ccoc1C(=O)NCc1ccc2c(c1)CNC2. The first-order chi connectivity index (χ1) is 14.2. The highest BCUT2D eigenvalue weighted by molar-refractivity contribution is 5.93.